The number of nitrogens with one attached hydrogen (secondary N) is 2. The van der Waals surface area contributed by atoms with Crippen LogP contribution < -0.4 is 10.6 Å². The summed E-state index contributed by atoms with van der Waals surface area (Å²) >= 11 is 1.57. The second-order valence-corrected chi connectivity index (χ2v) is 6.41. The minimum Gasteiger partial charge on any atom is -0.455 e. The van der Waals surface area contributed by atoms with Crippen molar-refractivity contribution in [2.45, 2.75) is 25.0 Å². The highest BCUT2D eigenvalue weighted by atomic mass is 32.2. The first-order valence-corrected chi connectivity index (χ1v) is 8.61. The van der Waals surface area contributed by atoms with Crippen LogP contribution in [0.15, 0.2) is 24.3 Å². The van der Waals surface area contributed by atoms with Crippen molar-refractivity contribution in [3.8, 4) is 0 Å². The van der Waals surface area contributed by atoms with Crippen molar-refractivity contribution in [1.29, 1.82) is 0 Å². The van der Waals surface area contributed by atoms with Gasteiger partial charge in [0.15, 0.2) is 6.61 Å². The van der Waals surface area contributed by atoms with E-state index in [1.54, 1.807) is 36.0 Å². The van der Waals surface area contributed by atoms with Gasteiger partial charge in [0.2, 0.25) is 0 Å². The molecule has 1 aliphatic heterocycles. The fourth-order valence-electron chi connectivity index (χ4n) is 2.19. The average molecular weight is 336 g/mol. The zero-order chi connectivity index (χ0) is 16.7. The van der Waals surface area contributed by atoms with Crippen LogP contribution in [-0.2, 0) is 14.3 Å². The molecule has 0 saturated carbocycles. The van der Waals surface area contributed by atoms with Crippen LogP contribution in [0.2, 0.25) is 0 Å². The Bertz CT molecular complexity index is 585. The van der Waals surface area contributed by atoms with Crippen molar-refractivity contribution in [3.63, 3.8) is 0 Å². The van der Waals surface area contributed by atoms with E-state index in [0.717, 1.165) is 18.6 Å². The molecule has 1 aromatic rings. The molecule has 2 amide bonds. The largest absolute Gasteiger partial charge is 0.455 e. The highest BCUT2D eigenvalue weighted by Gasteiger charge is 2.25. The van der Waals surface area contributed by atoms with Gasteiger partial charge < -0.3 is 15.4 Å². The van der Waals surface area contributed by atoms with Gasteiger partial charge in [0.05, 0.1) is 0 Å². The van der Waals surface area contributed by atoms with Gasteiger partial charge in [-0.15, -0.1) is 11.8 Å². The van der Waals surface area contributed by atoms with Gasteiger partial charge in [0.1, 0.15) is 5.25 Å². The summed E-state index contributed by atoms with van der Waals surface area (Å²) in [6, 6.07) is 6.60. The van der Waals surface area contributed by atoms with Crippen LogP contribution in [0.4, 0.5) is 5.69 Å². The summed E-state index contributed by atoms with van der Waals surface area (Å²) in [7, 11) is 0. The monoisotopic (exact) mass is 336 g/mol. The van der Waals surface area contributed by atoms with Crippen LogP contribution in [-0.4, -0.2) is 41.9 Å². The van der Waals surface area contributed by atoms with Crippen molar-refractivity contribution >= 4 is 35.2 Å². The molecular weight excluding hydrogens is 316 g/mol. The number of amides is 2. The number of thioether (sulfide) groups is 1. The number of carbonyl (C=O) groups is 3. The predicted octanol–water partition coefficient (Wildman–Crippen LogP) is 1.81. The number of benzene rings is 1. The van der Waals surface area contributed by atoms with Gasteiger partial charge in [0, 0.05) is 17.8 Å². The van der Waals surface area contributed by atoms with Gasteiger partial charge in [-0.25, -0.2) is 0 Å². The summed E-state index contributed by atoms with van der Waals surface area (Å²) in [4.78, 5) is 35.3. The Balaban J connectivity index is 1.83. The maximum Gasteiger partial charge on any atom is 0.319 e. The molecular formula is C16H20N2O4S. The Morgan fingerprint density at radius 1 is 1.35 bits per heavy atom. The number of rotatable bonds is 6. The molecule has 0 spiro atoms. The van der Waals surface area contributed by atoms with Gasteiger partial charge in [-0.3, -0.25) is 14.4 Å². The molecule has 0 bridgehead atoms. The lowest BCUT2D eigenvalue weighted by Crippen LogP contribution is -2.25. The Labute approximate surface area is 139 Å². The fraction of sp³-hybridized carbons (Fsp3) is 0.438. The van der Waals surface area contributed by atoms with Crippen LogP contribution >= 0.6 is 11.8 Å². The average Bonchev–Trinajstić information content (AvgIpc) is 3.07. The van der Waals surface area contributed by atoms with E-state index < -0.39 is 5.91 Å². The minimum atomic E-state index is -0.422. The lowest BCUT2D eigenvalue weighted by molar-refractivity contribution is -0.146. The van der Waals surface area contributed by atoms with Crippen molar-refractivity contribution in [3.05, 3.63) is 29.8 Å². The first kappa shape index (κ1) is 17.3. The topological polar surface area (TPSA) is 84.5 Å². The molecule has 1 aliphatic rings. The number of ether oxygens (including phenoxy) is 1. The molecule has 7 heteroatoms. The summed E-state index contributed by atoms with van der Waals surface area (Å²) in [6.45, 7) is 2.05. The molecule has 0 radical (unpaired) electrons. The lowest BCUT2D eigenvalue weighted by atomic mass is 10.2. The van der Waals surface area contributed by atoms with Gasteiger partial charge in [0.25, 0.3) is 11.8 Å². The highest BCUT2D eigenvalue weighted by Crippen LogP contribution is 2.26. The molecule has 1 atom stereocenters. The van der Waals surface area contributed by atoms with Crippen molar-refractivity contribution in [1.82, 2.24) is 5.32 Å². The molecule has 1 saturated heterocycles. The van der Waals surface area contributed by atoms with Crippen LogP contribution in [0, 0.1) is 0 Å². The van der Waals surface area contributed by atoms with Crippen LogP contribution in [0.1, 0.15) is 30.1 Å². The summed E-state index contributed by atoms with van der Waals surface area (Å²) in [6.07, 6.45) is 1.81. The third-order valence-electron chi connectivity index (χ3n) is 3.28. The van der Waals surface area contributed by atoms with E-state index in [-0.39, 0.29) is 23.7 Å². The molecule has 23 heavy (non-hydrogen) atoms. The van der Waals surface area contributed by atoms with E-state index in [0.29, 0.717) is 17.8 Å². The number of hydrogen-bond donors (Lipinski definition) is 2. The highest BCUT2D eigenvalue weighted by molar-refractivity contribution is 8.00. The SMILES string of the molecule is CCNC(=O)c1cccc(NC(=O)COC(=O)C2CCCS2)c1. The zero-order valence-electron chi connectivity index (χ0n) is 13.0. The number of anilines is 1. The maximum atomic E-state index is 11.8. The number of esters is 1. The second-order valence-electron chi connectivity index (χ2n) is 5.10. The zero-order valence-corrected chi connectivity index (χ0v) is 13.8. The Hall–Kier alpha value is -2.02. The van der Waals surface area contributed by atoms with E-state index in [1.807, 2.05) is 6.92 Å². The van der Waals surface area contributed by atoms with Crippen LogP contribution in [0.5, 0.6) is 0 Å². The van der Waals surface area contributed by atoms with Gasteiger partial charge in [-0.1, -0.05) is 6.07 Å². The van der Waals surface area contributed by atoms with Gasteiger partial charge in [-0.2, -0.15) is 0 Å². The van der Waals surface area contributed by atoms with E-state index in [2.05, 4.69) is 10.6 Å². The quantitative estimate of drug-likeness (QED) is 0.774. The van der Waals surface area contributed by atoms with Crippen LogP contribution in [0.3, 0.4) is 0 Å². The molecule has 1 unspecified atom stereocenters. The van der Waals surface area contributed by atoms with Gasteiger partial charge >= 0.3 is 5.97 Å². The van der Waals surface area contributed by atoms with E-state index in [9.17, 15) is 14.4 Å². The molecule has 1 fully saturated rings. The Kier molecular flexibility index (Phi) is 6.46. The van der Waals surface area contributed by atoms with Crippen molar-refractivity contribution < 1.29 is 19.1 Å². The molecule has 2 rings (SSSR count). The molecule has 1 aromatic carbocycles. The molecule has 1 heterocycles. The predicted molar refractivity (Wildman–Crippen MR) is 89.5 cm³/mol. The molecule has 0 aromatic heterocycles. The van der Waals surface area contributed by atoms with Crippen molar-refractivity contribution in [2.75, 3.05) is 24.2 Å². The minimum absolute atomic E-state index is 0.149. The molecule has 124 valence electrons. The number of hydrogen-bond acceptors (Lipinski definition) is 5. The fourth-order valence-corrected chi connectivity index (χ4v) is 3.35. The van der Waals surface area contributed by atoms with Gasteiger partial charge in [-0.05, 0) is 43.7 Å². The standard InChI is InChI=1S/C16H20N2O4S/c1-2-17-15(20)11-5-3-6-12(9-11)18-14(19)10-22-16(21)13-7-4-8-23-13/h3,5-6,9,13H,2,4,7-8,10H2,1H3,(H,17,20)(H,18,19). The second kappa shape index (κ2) is 8.57. The summed E-state index contributed by atoms with van der Waals surface area (Å²) in [5.41, 5.74) is 0.953. The smallest absolute Gasteiger partial charge is 0.319 e. The lowest BCUT2D eigenvalue weighted by Gasteiger charge is -2.10. The molecule has 2 N–H and O–H groups in total. The summed E-state index contributed by atoms with van der Waals surface area (Å²) < 4.78 is 5.03. The van der Waals surface area contributed by atoms with Crippen LogP contribution in [0.25, 0.3) is 0 Å². The summed E-state index contributed by atoms with van der Waals surface area (Å²) in [5.74, 6) is -0.000108. The first-order valence-electron chi connectivity index (χ1n) is 7.56. The molecule has 0 aliphatic carbocycles. The van der Waals surface area contributed by atoms with E-state index in [1.165, 1.54) is 0 Å². The van der Waals surface area contributed by atoms with E-state index in [4.69, 9.17) is 4.74 Å². The van der Waals surface area contributed by atoms with Crippen molar-refractivity contribution in [2.24, 2.45) is 0 Å². The normalized spacial score (nSPS) is 16.7. The Morgan fingerprint density at radius 3 is 2.87 bits per heavy atom. The Morgan fingerprint density at radius 2 is 2.17 bits per heavy atom. The molecule has 6 nitrogen and oxygen atoms in total. The summed E-state index contributed by atoms with van der Waals surface area (Å²) in [5, 5.41) is 5.16. The van der Waals surface area contributed by atoms with E-state index >= 15 is 0 Å². The third-order valence-corrected chi connectivity index (χ3v) is 4.64. The first-order chi connectivity index (χ1) is 11.1. The maximum absolute atomic E-state index is 11.8. The number of carbonyl (C=O) groups excluding carboxylic acids is 3. The third kappa shape index (κ3) is 5.28.